The average Bonchev–Trinajstić information content (AvgIpc) is 3.04. The first-order valence-corrected chi connectivity index (χ1v) is 8.62. The number of carbonyl (C=O) groups excluding carboxylic acids is 1. The van der Waals surface area contributed by atoms with Crippen LogP contribution in [0.5, 0.6) is 5.95 Å². The van der Waals surface area contributed by atoms with Crippen molar-refractivity contribution in [1.82, 2.24) is 10.2 Å². The molecule has 1 aromatic heterocycles. The Balaban J connectivity index is 1.38. The summed E-state index contributed by atoms with van der Waals surface area (Å²) in [5, 5.41) is 3.60. The van der Waals surface area contributed by atoms with Crippen LogP contribution in [0.4, 0.5) is 4.79 Å². The Morgan fingerprint density at radius 2 is 2.08 bits per heavy atom. The fraction of sp³-hybridized carbons (Fsp3) is 0.389. The number of rotatable bonds is 3. The molecule has 2 bridgehead atoms. The summed E-state index contributed by atoms with van der Waals surface area (Å²) in [5.74, 6) is 1.35. The van der Waals surface area contributed by atoms with E-state index < -0.39 is 6.09 Å². The molecule has 1 atom stereocenters. The van der Waals surface area contributed by atoms with E-state index in [1.807, 2.05) is 12.1 Å². The standard InChI is InChI=1S/C18H19ClN2O3/c19-14-3-1-2-13(10-14)16-4-5-17(23-16)24-18(22)20-15-11-21-8-6-12(15)7-9-21/h1-5,10,12,15H,6-9,11H2,(H,20,22). The van der Waals surface area contributed by atoms with Crippen LogP contribution in [-0.2, 0) is 0 Å². The van der Waals surface area contributed by atoms with Gasteiger partial charge in [0.05, 0.1) is 0 Å². The van der Waals surface area contributed by atoms with E-state index in [1.54, 1.807) is 24.3 Å². The average molecular weight is 347 g/mol. The van der Waals surface area contributed by atoms with E-state index in [0.29, 0.717) is 16.7 Å². The normalized spacial score (nSPS) is 25.5. The highest BCUT2D eigenvalue weighted by molar-refractivity contribution is 6.30. The van der Waals surface area contributed by atoms with Crippen LogP contribution in [0.25, 0.3) is 11.3 Å². The van der Waals surface area contributed by atoms with Gasteiger partial charge >= 0.3 is 6.09 Å². The lowest BCUT2D eigenvalue weighted by atomic mass is 9.84. The molecule has 126 valence electrons. The minimum atomic E-state index is -0.458. The highest BCUT2D eigenvalue weighted by Gasteiger charge is 2.35. The first-order chi connectivity index (χ1) is 11.7. The molecule has 3 fully saturated rings. The van der Waals surface area contributed by atoms with E-state index in [2.05, 4.69) is 10.2 Å². The van der Waals surface area contributed by atoms with Crippen LogP contribution in [0, 0.1) is 5.92 Å². The number of hydrogen-bond donors (Lipinski definition) is 1. The van der Waals surface area contributed by atoms with Crippen LogP contribution < -0.4 is 10.1 Å². The van der Waals surface area contributed by atoms with E-state index in [1.165, 1.54) is 0 Å². The van der Waals surface area contributed by atoms with Gasteiger partial charge < -0.3 is 19.4 Å². The third kappa shape index (κ3) is 3.28. The Morgan fingerprint density at radius 1 is 1.25 bits per heavy atom. The summed E-state index contributed by atoms with van der Waals surface area (Å²) in [6.45, 7) is 3.18. The number of nitrogens with zero attached hydrogens (tertiary/aromatic N) is 1. The molecule has 1 N–H and O–H groups in total. The molecule has 3 saturated heterocycles. The Labute approximate surface area is 145 Å². The molecule has 5 rings (SSSR count). The quantitative estimate of drug-likeness (QED) is 0.918. The minimum absolute atomic E-state index is 0.169. The molecule has 3 aliphatic rings. The summed E-state index contributed by atoms with van der Waals surface area (Å²) >= 11 is 5.98. The molecule has 24 heavy (non-hydrogen) atoms. The van der Waals surface area contributed by atoms with Gasteiger partial charge in [-0.3, -0.25) is 0 Å². The van der Waals surface area contributed by atoms with E-state index >= 15 is 0 Å². The number of halogens is 1. The van der Waals surface area contributed by atoms with Crippen LogP contribution in [0.3, 0.4) is 0 Å². The van der Waals surface area contributed by atoms with Crippen molar-refractivity contribution in [3.63, 3.8) is 0 Å². The van der Waals surface area contributed by atoms with Gasteiger partial charge in [-0.2, -0.15) is 0 Å². The van der Waals surface area contributed by atoms with Gasteiger partial charge in [-0.25, -0.2) is 4.79 Å². The van der Waals surface area contributed by atoms with Crippen molar-refractivity contribution in [3.8, 4) is 17.3 Å². The summed E-state index contributed by atoms with van der Waals surface area (Å²) in [6, 6.07) is 10.9. The smallest absolute Gasteiger partial charge is 0.415 e. The van der Waals surface area contributed by atoms with Gasteiger partial charge in [0, 0.05) is 29.2 Å². The van der Waals surface area contributed by atoms with Crippen LogP contribution in [-0.4, -0.2) is 36.7 Å². The molecule has 0 saturated carbocycles. The van der Waals surface area contributed by atoms with Gasteiger partial charge in [-0.15, -0.1) is 0 Å². The van der Waals surface area contributed by atoms with Crippen molar-refractivity contribution in [2.45, 2.75) is 18.9 Å². The third-order valence-corrected chi connectivity index (χ3v) is 5.08. The predicted octanol–water partition coefficient (Wildman–Crippen LogP) is 3.78. The number of ether oxygens (including phenoxy) is 1. The number of nitrogens with one attached hydrogen (secondary N) is 1. The third-order valence-electron chi connectivity index (χ3n) is 4.84. The number of fused-ring (bicyclic) bond motifs is 3. The summed E-state index contributed by atoms with van der Waals surface area (Å²) < 4.78 is 10.9. The maximum atomic E-state index is 12.1. The van der Waals surface area contributed by atoms with Crippen LogP contribution in [0.1, 0.15) is 12.8 Å². The zero-order chi connectivity index (χ0) is 16.5. The topological polar surface area (TPSA) is 54.7 Å². The molecule has 3 aliphatic heterocycles. The highest BCUT2D eigenvalue weighted by atomic mass is 35.5. The van der Waals surface area contributed by atoms with Gasteiger partial charge in [0.15, 0.2) is 0 Å². The molecule has 2 aromatic rings. The number of hydrogen-bond acceptors (Lipinski definition) is 4. The lowest BCUT2D eigenvalue weighted by Crippen LogP contribution is -2.57. The molecule has 0 aliphatic carbocycles. The first-order valence-electron chi connectivity index (χ1n) is 8.24. The molecular weight excluding hydrogens is 328 g/mol. The zero-order valence-electron chi connectivity index (χ0n) is 13.2. The van der Waals surface area contributed by atoms with Gasteiger partial charge in [-0.1, -0.05) is 23.7 Å². The van der Waals surface area contributed by atoms with Crippen molar-refractivity contribution < 1.29 is 13.9 Å². The van der Waals surface area contributed by atoms with E-state index in [-0.39, 0.29) is 12.0 Å². The Bertz CT molecular complexity index is 737. The second kappa shape index (κ2) is 6.49. The summed E-state index contributed by atoms with van der Waals surface area (Å²) in [5.41, 5.74) is 0.843. The van der Waals surface area contributed by atoms with Crippen LogP contribution in [0.15, 0.2) is 40.8 Å². The van der Waals surface area contributed by atoms with E-state index in [0.717, 1.165) is 38.0 Å². The molecule has 5 nitrogen and oxygen atoms in total. The predicted molar refractivity (Wildman–Crippen MR) is 91.3 cm³/mol. The van der Waals surface area contributed by atoms with E-state index in [9.17, 15) is 4.79 Å². The number of piperidine rings is 3. The van der Waals surface area contributed by atoms with Crippen LogP contribution in [0.2, 0.25) is 5.02 Å². The molecule has 1 amide bonds. The Hall–Kier alpha value is -1.98. The molecule has 6 heteroatoms. The maximum absolute atomic E-state index is 12.1. The van der Waals surface area contributed by atoms with Crippen molar-refractivity contribution in [1.29, 1.82) is 0 Å². The SMILES string of the molecule is O=C(NC1CN2CCC1CC2)Oc1ccc(-c2cccc(Cl)c2)o1. The van der Waals surface area contributed by atoms with Crippen molar-refractivity contribution in [3.05, 3.63) is 41.4 Å². The van der Waals surface area contributed by atoms with E-state index in [4.69, 9.17) is 20.8 Å². The molecule has 1 unspecified atom stereocenters. The molecule has 0 radical (unpaired) electrons. The number of benzene rings is 1. The number of carbonyl (C=O) groups is 1. The highest BCUT2D eigenvalue weighted by Crippen LogP contribution is 2.29. The minimum Gasteiger partial charge on any atom is -0.425 e. The largest absolute Gasteiger partial charge is 0.425 e. The second-order valence-electron chi connectivity index (χ2n) is 6.41. The fourth-order valence-corrected chi connectivity index (χ4v) is 3.76. The summed E-state index contributed by atoms with van der Waals surface area (Å²) in [6.07, 6.45) is 1.83. The molecule has 1 aromatic carbocycles. The van der Waals surface area contributed by atoms with Gasteiger partial charge in [0.2, 0.25) is 0 Å². The fourth-order valence-electron chi connectivity index (χ4n) is 3.57. The van der Waals surface area contributed by atoms with Gasteiger partial charge in [0.25, 0.3) is 5.95 Å². The molecule has 0 spiro atoms. The summed E-state index contributed by atoms with van der Waals surface area (Å²) in [4.78, 5) is 14.5. The summed E-state index contributed by atoms with van der Waals surface area (Å²) in [7, 11) is 0. The maximum Gasteiger partial charge on any atom is 0.415 e. The first kappa shape index (κ1) is 15.5. The lowest BCUT2D eigenvalue weighted by molar-refractivity contribution is 0.0715. The van der Waals surface area contributed by atoms with Crippen molar-refractivity contribution in [2.75, 3.05) is 19.6 Å². The molecular formula is C18H19ClN2O3. The monoisotopic (exact) mass is 346 g/mol. The van der Waals surface area contributed by atoms with Crippen molar-refractivity contribution >= 4 is 17.7 Å². The van der Waals surface area contributed by atoms with Crippen LogP contribution >= 0.6 is 11.6 Å². The Morgan fingerprint density at radius 3 is 2.79 bits per heavy atom. The van der Waals surface area contributed by atoms with Gasteiger partial charge in [0.1, 0.15) is 5.76 Å². The molecule has 4 heterocycles. The second-order valence-corrected chi connectivity index (χ2v) is 6.84. The number of amides is 1. The zero-order valence-corrected chi connectivity index (χ0v) is 14.0. The van der Waals surface area contributed by atoms with Crippen molar-refractivity contribution in [2.24, 2.45) is 5.92 Å². The number of furan rings is 1. The lowest BCUT2D eigenvalue weighted by Gasteiger charge is -2.44. The Kier molecular flexibility index (Phi) is 4.21. The van der Waals surface area contributed by atoms with Gasteiger partial charge in [-0.05, 0) is 50.0 Å².